The van der Waals surface area contributed by atoms with E-state index < -0.39 is 0 Å². The Morgan fingerprint density at radius 1 is 1.24 bits per heavy atom. The van der Waals surface area contributed by atoms with Crippen LogP contribution in [0.3, 0.4) is 0 Å². The SMILES string of the molecule is CC(C)(C)NC(=O)OC[C@H]1CC[C@H](CO)CC1. The van der Waals surface area contributed by atoms with Crippen molar-refractivity contribution in [3.05, 3.63) is 0 Å². The third kappa shape index (κ3) is 5.91. The van der Waals surface area contributed by atoms with E-state index in [0.717, 1.165) is 25.7 Å². The molecule has 1 amide bonds. The Balaban J connectivity index is 2.17. The molecule has 17 heavy (non-hydrogen) atoms. The lowest BCUT2D eigenvalue weighted by Crippen LogP contribution is -2.41. The summed E-state index contributed by atoms with van der Waals surface area (Å²) in [6.45, 7) is 6.58. The predicted molar refractivity (Wildman–Crippen MR) is 66.8 cm³/mol. The summed E-state index contributed by atoms with van der Waals surface area (Å²) in [6, 6.07) is 0. The molecule has 4 heteroatoms. The van der Waals surface area contributed by atoms with Crippen molar-refractivity contribution < 1.29 is 14.6 Å². The van der Waals surface area contributed by atoms with Gasteiger partial charge in [0.25, 0.3) is 0 Å². The molecule has 0 heterocycles. The molecule has 0 spiro atoms. The van der Waals surface area contributed by atoms with Gasteiger partial charge in [-0.15, -0.1) is 0 Å². The van der Waals surface area contributed by atoms with Crippen LogP contribution in [-0.2, 0) is 4.74 Å². The molecule has 0 aromatic rings. The zero-order chi connectivity index (χ0) is 12.9. The molecule has 1 aliphatic carbocycles. The van der Waals surface area contributed by atoms with Gasteiger partial charge in [-0.2, -0.15) is 0 Å². The molecule has 1 fully saturated rings. The van der Waals surface area contributed by atoms with Crippen molar-refractivity contribution in [1.82, 2.24) is 5.32 Å². The summed E-state index contributed by atoms with van der Waals surface area (Å²) < 4.78 is 5.21. The van der Waals surface area contributed by atoms with Crippen LogP contribution in [0, 0.1) is 11.8 Å². The van der Waals surface area contributed by atoms with Crippen LogP contribution in [0.15, 0.2) is 0 Å². The molecule has 0 radical (unpaired) electrons. The summed E-state index contributed by atoms with van der Waals surface area (Å²) >= 11 is 0. The highest BCUT2D eigenvalue weighted by Gasteiger charge is 2.22. The van der Waals surface area contributed by atoms with Crippen LogP contribution in [0.4, 0.5) is 4.79 Å². The molecule has 1 saturated carbocycles. The molecule has 0 aromatic heterocycles. The number of carbonyl (C=O) groups excluding carboxylic acids is 1. The van der Waals surface area contributed by atoms with Crippen molar-refractivity contribution >= 4 is 6.09 Å². The second-order valence-corrected chi connectivity index (χ2v) is 6.04. The van der Waals surface area contributed by atoms with Gasteiger partial charge in [0.2, 0.25) is 0 Å². The number of ether oxygens (including phenoxy) is 1. The molecule has 100 valence electrons. The third-order valence-corrected chi connectivity index (χ3v) is 3.15. The number of amides is 1. The highest BCUT2D eigenvalue weighted by Crippen LogP contribution is 2.28. The summed E-state index contributed by atoms with van der Waals surface area (Å²) in [6.07, 6.45) is 3.86. The second kappa shape index (κ2) is 6.24. The van der Waals surface area contributed by atoms with Gasteiger partial charge in [-0.3, -0.25) is 0 Å². The Bertz CT molecular complexity index is 240. The third-order valence-electron chi connectivity index (χ3n) is 3.15. The highest BCUT2D eigenvalue weighted by molar-refractivity contribution is 5.68. The fraction of sp³-hybridized carbons (Fsp3) is 0.923. The normalized spacial score (nSPS) is 25.4. The van der Waals surface area contributed by atoms with Gasteiger partial charge >= 0.3 is 6.09 Å². The van der Waals surface area contributed by atoms with Gasteiger partial charge in [-0.1, -0.05) is 0 Å². The standard InChI is InChI=1S/C13H25NO3/c1-13(2,3)14-12(16)17-9-11-6-4-10(8-15)5-7-11/h10-11,15H,4-9H2,1-3H3,(H,14,16)/t10-,11-. The topological polar surface area (TPSA) is 58.6 Å². The smallest absolute Gasteiger partial charge is 0.407 e. The van der Waals surface area contributed by atoms with Gasteiger partial charge in [0, 0.05) is 12.1 Å². The molecule has 0 unspecified atom stereocenters. The molecule has 0 aromatic carbocycles. The van der Waals surface area contributed by atoms with Crippen LogP contribution < -0.4 is 5.32 Å². The largest absolute Gasteiger partial charge is 0.449 e. The Morgan fingerprint density at radius 2 is 1.76 bits per heavy atom. The van der Waals surface area contributed by atoms with Crippen molar-refractivity contribution in [2.75, 3.05) is 13.2 Å². The summed E-state index contributed by atoms with van der Waals surface area (Å²) in [5.41, 5.74) is -0.244. The van der Waals surface area contributed by atoms with Crippen molar-refractivity contribution in [3.63, 3.8) is 0 Å². The van der Waals surface area contributed by atoms with Gasteiger partial charge in [0.1, 0.15) is 0 Å². The highest BCUT2D eigenvalue weighted by atomic mass is 16.5. The number of hydrogen-bond acceptors (Lipinski definition) is 3. The lowest BCUT2D eigenvalue weighted by atomic mass is 9.83. The quantitative estimate of drug-likeness (QED) is 0.799. The number of carbonyl (C=O) groups is 1. The van der Waals surface area contributed by atoms with Gasteiger partial charge < -0.3 is 15.2 Å². The second-order valence-electron chi connectivity index (χ2n) is 6.04. The minimum absolute atomic E-state index is 0.244. The molecule has 0 bridgehead atoms. The summed E-state index contributed by atoms with van der Waals surface area (Å²) in [5.74, 6) is 0.915. The molecular formula is C13H25NO3. The Hall–Kier alpha value is -0.770. The minimum Gasteiger partial charge on any atom is -0.449 e. The molecule has 0 saturated heterocycles. The van der Waals surface area contributed by atoms with Crippen LogP contribution in [0.2, 0.25) is 0 Å². The first-order valence-electron chi connectivity index (χ1n) is 6.46. The fourth-order valence-corrected chi connectivity index (χ4v) is 2.12. The van der Waals surface area contributed by atoms with E-state index in [0.29, 0.717) is 18.4 Å². The maximum absolute atomic E-state index is 11.4. The molecule has 1 aliphatic rings. The van der Waals surface area contributed by atoms with Crippen molar-refractivity contribution in [3.8, 4) is 0 Å². The van der Waals surface area contributed by atoms with Gasteiger partial charge in [0.15, 0.2) is 0 Å². The molecule has 0 aliphatic heterocycles. The number of rotatable bonds is 3. The summed E-state index contributed by atoms with van der Waals surface area (Å²) in [7, 11) is 0. The van der Waals surface area contributed by atoms with E-state index in [-0.39, 0.29) is 18.2 Å². The summed E-state index contributed by atoms with van der Waals surface area (Å²) in [4.78, 5) is 11.4. The van der Waals surface area contributed by atoms with Gasteiger partial charge in [-0.25, -0.2) is 4.79 Å². The Labute approximate surface area is 104 Å². The molecule has 4 nitrogen and oxygen atoms in total. The predicted octanol–water partition coefficient (Wildman–Crippen LogP) is 2.31. The van der Waals surface area contributed by atoms with E-state index >= 15 is 0 Å². The average molecular weight is 243 g/mol. The van der Waals surface area contributed by atoms with E-state index in [9.17, 15) is 4.79 Å². The van der Waals surface area contributed by atoms with Crippen LogP contribution in [0.1, 0.15) is 46.5 Å². The van der Waals surface area contributed by atoms with E-state index in [1.807, 2.05) is 20.8 Å². The molecular weight excluding hydrogens is 218 g/mol. The molecule has 1 rings (SSSR count). The van der Waals surface area contributed by atoms with Crippen LogP contribution in [0.5, 0.6) is 0 Å². The van der Waals surface area contributed by atoms with Crippen molar-refractivity contribution in [2.45, 2.75) is 52.0 Å². The Morgan fingerprint density at radius 3 is 2.24 bits per heavy atom. The van der Waals surface area contributed by atoms with Crippen LogP contribution in [-0.4, -0.2) is 30.0 Å². The molecule has 0 atom stereocenters. The zero-order valence-corrected chi connectivity index (χ0v) is 11.2. The van der Waals surface area contributed by atoms with E-state index in [2.05, 4.69) is 5.32 Å². The van der Waals surface area contributed by atoms with Gasteiger partial charge in [0.05, 0.1) is 6.61 Å². The first kappa shape index (κ1) is 14.3. The first-order chi connectivity index (χ1) is 7.90. The number of aliphatic hydroxyl groups is 1. The van der Waals surface area contributed by atoms with E-state index in [1.165, 1.54) is 0 Å². The average Bonchev–Trinajstić information content (AvgIpc) is 2.25. The maximum atomic E-state index is 11.4. The summed E-state index contributed by atoms with van der Waals surface area (Å²) in [5, 5.41) is 11.8. The van der Waals surface area contributed by atoms with Crippen LogP contribution in [0.25, 0.3) is 0 Å². The molecule has 2 N–H and O–H groups in total. The van der Waals surface area contributed by atoms with E-state index in [4.69, 9.17) is 9.84 Å². The van der Waals surface area contributed by atoms with E-state index in [1.54, 1.807) is 0 Å². The number of nitrogens with one attached hydrogen (secondary N) is 1. The van der Waals surface area contributed by atoms with Crippen molar-refractivity contribution in [1.29, 1.82) is 0 Å². The number of hydrogen-bond donors (Lipinski definition) is 2. The van der Waals surface area contributed by atoms with Gasteiger partial charge in [-0.05, 0) is 58.3 Å². The number of alkyl carbamates (subject to hydrolysis) is 1. The Kier molecular flexibility index (Phi) is 5.25. The number of aliphatic hydroxyl groups excluding tert-OH is 1. The lowest BCUT2D eigenvalue weighted by molar-refractivity contribution is 0.0937. The van der Waals surface area contributed by atoms with Crippen molar-refractivity contribution in [2.24, 2.45) is 11.8 Å². The first-order valence-corrected chi connectivity index (χ1v) is 6.46. The fourth-order valence-electron chi connectivity index (χ4n) is 2.12. The lowest BCUT2D eigenvalue weighted by Gasteiger charge is -2.27. The minimum atomic E-state index is -0.332. The zero-order valence-electron chi connectivity index (χ0n) is 11.2. The van der Waals surface area contributed by atoms with Crippen LogP contribution >= 0.6 is 0 Å². The maximum Gasteiger partial charge on any atom is 0.407 e. The monoisotopic (exact) mass is 243 g/mol.